The van der Waals surface area contributed by atoms with Crippen LogP contribution in [0.25, 0.3) is 0 Å². The van der Waals surface area contributed by atoms with E-state index in [1.165, 1.54) is 40.4 Å². The molecular formula is C55H78O16. The van der Waals surface area contributed by atoms with Gasteiger partial charge in [-0.1, -0.05) is 114 Å². The Labute approximate surface area is 420 Å². The fraction of sp³-hybridized carbons (Fsp3) is 0.636. The molecule has 4 aliphatic heterocycles. The van der Waals surface area contributed by atoms with Crippen LogP contribution in [0.15, 0.2) is 90.6 Å². The first-order valence-electron chi connectivity index (χ1n) is 24.8. The molecule has 0 aliphatic carbocycles. The number of hydrogen-bond donors (Lipinski definition) is 1. The molecule has 1 aromatic rings. The van der Waals surface area contributed by atoms with E-state index in [1.807, 2.05) is 76.3 Å². The van der Waals surface area contributed by atoms with E-state index in [0.29, 0.717) is 18.4 Å². The number of hydrogen-bond acceptors (Lipinski definition) is 16. The first-order valence-corrected chi connectivity index (χ1v) is 24.8. The molecule has 5 rings (SSSR count). The number of fused-ring (bicyclic) bond motifs is 6. The second-order valence-corrected chi connectivity index (χ2v) is 20.1. The summed E-state index contributed by atoms with van der Waals surface area (Å²) in [6, 6.07) is 9.57. The predicted octanol–water partition coefficient (Wildman–Crippen LogP) is 8.24. The molecule has 16 nitrogen and oxygen atoms in total. The van der Waals surface area contributed by atoms with Crippen LogP contribution in [0.3, 0.4) is 0 Å². The molecule has 11 atom stereocenters. The number of allylic oxidation sites excluding steroid dienone is 3. The summed E-state index contributed by atoms with van der Waals surface area (Å²) in [6.07, 6.45) is 6.64. The second-order valence-electron chi connectivity index (χ2n) is 20.1. The van der Waals surface area contributed by atoms with E-state index in [2.05, 4.69) is 13.5 Å². The van der Waals surface area contributed by atoms with Gasteiger partial charge in [-0.05, 0) is 43.7 Å². The standard InChI is InChI=1S/C55H78O16/c1-12-13-14-15-19-22-48(58)69-51-40(28-49(59)61-9)27-43-31-46(37(3)65-35-64-34-39-20-17-16-18-21-39)68-50(60)30-41(57)29-44-32-47(66-38(4)56)53(7,8)54(62-10,70-44)33-45-26-36(2)25-42(67-45)23-24-52(5,6)55(51,63-11)71-43/h14-24,28,37,41-47,51,57H,2,12-13,25-27,29-35H2,1,3-11H3/b15-14+,22-19+,24-23+,40-28+/t37-,41-,42+,43+,44-,45+,46-,47+,51+,54+,55-/m1/s1. The molecule has 0 unspecified atom stereocenters. The van der Waals surface area contributed by atoms with Crippen LogP contribution < -0.4 is 0 Å². The Morgan fingerprint density at radius 1 is 0.901 bits per heavy atom. The molecule has 71 heavy (non-hydrogen) atoms. The molecule has 394 valence electrons. The zero-order chi connectivity index (χ0) is 52.0. The molecule has 6 bridgehead atoms. The summed E-state index contributed by atoms with van der Waals surface area (Å²) in [5.74, 6) is -5.86. The number of benzene rings is 1. The SMILES string of the molecule is C=C1C[C@H]2C[C@]3(OC)O[C@H](C[C@@H](O)CC(=O)O[C@@H]([C@@H](C)OCOCc4ccccc4)C[C@@H]4C/C(=C\C(=O)OC)[C@H](OC(=O)/C=C/C=C/CCC)[C@@](OC)(O4)C(C)(C)/C=C/[C@@H](C1)O2)C[C@H](OC(C)=O)C3(C)C. The van der Waals surface area contributed by atoms with E-state index in [-0.39, 0.29) is 45.5 Å². The van der Waals surface area contributed by atoms with Crippen molar-refractivity contribution in [3.8, 4) is 0 Å². The van der Waals surface area contributed by atoms with Gasteiger partial charge in [0.25, 0.3) is 0 Å². The van der Waals surface area contributed by atoms with Crippen LogP contribution in [0.1, 0.15) is 118 Å². The van der Waals surface area contributed by atoms with Crippen molar-refractivity contribution in [3.63, 3.8) is 0 Å². The molecular weight excluding hydrogens is 917 g/mol. The smallest absolute Gasteiger partial charge is 0.331 e. The summed E-state index contributed by atoms with van der Waals surface area (Å²) in [6.45, 7) is 17.2. The molecule has 0 radical (unpaired) electrons. The van der Waals surface area contributed by atoms with Gasteiger partial charge in [-0.15, -0.1) is 0 Å². The van der Waals surface area contributed by atoms with Gasteiger partial charge in [0.05, 0.1) is 62.2 Å². The molecule has 0 spiro atoms. The Morgan fingerprint density at radius 2 is 1.65 bits per heavy atom. The number of aliphatic hydroxyl groups is 1. The van der Waals surface area contributed by atoms with Crippen molar-refractivity contribution in [3.05, 3.63) is 96.2 Å². The second kappa shape index (κ2) is 25.9. The molecule has 0 amide bonds. The highest BCUT2D eigenvalue weighted by atomic mass is 16.7. The summed E-state index contributed by atoms with van der Waals surface area (Å²) in [5.41, 5.74) is 0.0779. The minimum absolute atomic E-state index is 0.0115. The van der Waals surface area contributed by atoms with E-state index in [0.717, 1.165) is 24.0 Å². The first kappa shape index (κ1) is 57.4. The predicted molar refractivity (Wildman–Crippen MR) is 262 cm³/mol. The minimum Gasteiger partial charge on any atom is -0.466 e. The lowest BCUT2D eigenvalue weighted by atomic mass is 9.70. The maximum Gasteiger partial charge on any atom is 0.331 e. The highest BCUT2D eigenvalue weighted by Gasteiger charge is 2.61. The van der Waals surface area contributed by atoms with Gasteiger partial charge in [0.15, 0.2) is 11.9 Å². The van der Waals surface area contributed by atoms with E-state index in [1.54, 1.807) is 19.1 Å². The van der Waals surface area contributed by atoms with E-state index < -0.39 is 108 Å². The average Bonchev–Trinajstić information content (AvgIpc) is 3.31. The highest BCUT2D eigenvalue weighted by Crippen LogP contribution is 2.52. The van der Waals surface area contributed by atoms with E-state index in [4.69, 9.17) is 52.1 Å². The molecule has 0 saturated carbocycles. The third kappa shape index (κ3) is 15.0. The van der Waals surface area contributed by atoms with Crippen LogP contribution in [0.5, 0.6) is 0 Å². The largest absolute Gasteiger partial charge is 0.466 e. The average molecular weight is 995 g/mol. The van der Waals surface area contributed by atoms with Gasteiger partial charge in [0, 0.05) is 64.4 Å². The maximum atomic E-state index is 14.1. The molecule has 1 N–H and O–H groups in total. The number of unbranched alkanes of at least 4 members (excludes halogenated alkanes) is 1. The van der Waals surface area contributed by atoms with Crippen molar-refractivity contribution in [2.24, 2.45) is 10.8 Å². The van der Waals surface area contributed by atoms with Gasteiger partial charge in [-0.2, -0.15) is 0 Å². The number of ether oxygens (including phenoxy) is 11. The summed E-state index contributed by atoms with van der Waals surface area (Å²) in [7, 11) is 4.22. The number of rotatable bonds is 15. The van der Waals surface area contributed by atoms with Gasteiger partial charge >= 0.3 is 23.9 Å². The minimum atomic E-state index is -1.84. The number of cyclic esters (lactones) is 1. The van der Waals surface area contributed by atoms with E-state index in [9.17, 15) is 24.3 Å². The summed E-state index contributed by atoms with van der Waals surface area (Å²) >= 11 is 0. The number of esters is 4. The summed E-state index contributed by atoms with van der Waals surface area (Å²) < 4.78 is 69.1. The summed E-state index contributed by atoms with van der Waals surface area (Å²) in [4.78, 5) is 53.6. The fourth-order valence-corrected chi connectivity index (χ4v) is 10.0. The van der Waals surface area contributed by atoms with Gasteiger partial charge in [0.2, 0.25) is 5.79 Å². The third-order valence-corrected chi connectivity index (χ3v) is 14.0. The third-order valence-electron chi connectivity index (χ3n) is 14.0. The van der Waals surface area contributed by atoms with Crippen molar-refractivity contribution in [1.29, 1.82) is 0 Å². The Hall–Kier alpha value is -4.52. The monoisotopic (exact) mass is 995 g/mol. The quantitative estimate of drug-likeness (QED) is 0.0336. The lowest BCUT2D eigenvalue weighted by Gasteiger charge is -2.55. The van der Waals surface area contributed by atoms with E-state index >= 15 is 0 Å². The first-order chi connectivity index (χ1) is 33.7. The number of carbonyl (C=O) groups excluding carboxylic acids is 4. The Balaban J connectivity index is 1.62. The fourth-order valence-electron chi connectivity index (χ4n) is 10.0. The van der Waals surface area contributed by atoms with Crippen LogP contribution in [0, 0.1) is 10.8 Å². The van der Waals surface area contributed by atoms with Gasteiger partial charge in [-0.25, -0.2) is 9.59 Å². The Morgan fingerprint density at radius 3 is 2.32 bits per heavy atom. The van der Waals surface area contributed by atoms with Crippen molar-refractivity contribution in [2.45, 2.75) is 186 Å². The van der Waals surface area contributed by atoms with Crippen LogP contribution >= 0.6 is 0 Å². The van der Waals surface area contributed by atoms with Crippen molar-refractivity contribution in [1.82, 2.24) is 0 Å². The zero-order valence-corrected chi connectivity index (χ0v) is 43.4. The van der Waals surface area contributed by atoms with Crippen LogP contribution in [-0.2, 0) is 77.9 Å². The van der Waals surface area contributed by atoms with Crippen molar-refractivity contribution < 1.29 is 76.4 Å². The van der Waals surface area contributed by atoms with Crippen molar-refractivity contribution >= 4 is 23.9 Å². The topological polar surface area (TPSA) is 190 Å². The van der Waals surface area contributed by atoms with Crippen LogP contribution in [0.4, 0.5) is 0 Å². The highest BCUT2D eigenvalue weighted by molar-refractivity contribution is 5.84. The Bertz CT molecular complexity index is 2080. The molecule has 3 fully saturated rings. The maximum absolute atomic E-state index is 14.1. The molecule has 3 saturated heterocycles. The normalized spacial score (nSPS) is 32.9. The van der Waals surface area contributed by atoms with Crippen LogP contribution in [-0.4, -0.2) is 124 Å². The number of aliphatic hydroxyl groups excluding tert-OH is 1. The lowest BCUT2D eigenvalue weighted by molar-refractivity contribution is -0.358. The molecule has 1 aromatic carbocycles. The van der Waals surface area contributed by atoms with Gasteiger partial charge in [-0.3, -0.25) is 9.59 Å². The molecule has 4 heterocycles. The number of methoxy groups -OCH3 is 3. The van der Waals surface area contributed by atoms with Gasteiger partial charge in [0.1, 0.15) is 19.0 Å². The van der Waals surface area contributed by atoms with Crippen molar-refractivity contribution in [2.75, 3.05) is 28.1 Å². The summed E-state index contributed by atoms with van der Waals surface area (Å²) in [5, 5.41) is 11.6. The molecule has 0 aromatic heterocycles. The van der Waals surface area contributed by atoms with Crippen LogP contribution in [0.2, 0.25) is 0 Å². The molecule has 16 heteroatoms. The Kier molecular flexibility index (Phi) is 21.0. The van der Waals surface area contributed by atoms with Gasteiger partial charge < -0.3 is 57.2 Å². The lowest BCUT2D eigenvalue weighted by Crippen LogP contribution is -2.63. The zero-order valence-electron chi connectivity index (χ0n) is 43.4. The molecule has 4 aliphatic rings. The number of carbonyl (C=O) groups is 4.